The van der Waals surface area contributed by atoms with Gasteiger partial charge in [-0.25, -0.2) is 5.73 Å². The molecule has 0 aromatic carbocycles. The van der Waals surface area contributed by atoms with E-state index in [0.29, 0.717) is 6.67 Å². The molecular formula is C9H19N2. The zero-order chi connectivity index (χ0) is 8.10. The van der Waals surface area contributed by atoms with E-state index < -0.39 is 0 Å². The molecule has 1 N–H and O–H groups in total. The van der Waals surface area contributed by atoms with Gasteiger partial charge in [0, 0.05) is 6.04 Å². The first-order valence-corrected chi connectivity index (χ1v) is 4.77. The second kappa shape index (κ2) is 4.73. The Balaban J connectivity index is 2.30. The first kappa shape index (κ1) is 9.01. The van der Waals surface area contributed by atoms with Crippen molar-refractivity contribution in [2.75, 3.05) is 13.2 Å². The van der Waals surface area contributed by atoms with Gasteiger partial charge in [-0.3, -0.25) is 4.90 Å². The van der Waals surface area contributed by atoms with Crippen molar-refractivity contribution in [3.8, 4) is 0 Å². The van der Waals surface area contributed by atoms with Gasteiger partial charge in [-0.2, -0.15) is 0 Å². The number of hydrogen-bond donors (Lipinski definition) is 0. The fourth-order valence-electron chi connectivity index (χ4n) is 1.95. The summed E-state index contributed by atoms with van der Waals surface area (Å²) in [5, 5.41) is 0. The van der Waals surface area contributed by atoms with Gasteiger partial charge >= 0.3 is 0 Å². The van der Waals surface area contributed by atoms with E-state index in [-0.39, 0.29) is 0 Å². The van der Waals surface area contributed by atoms with Crippen molar-refractivity contribution in [1.29, 1.82) is 0 Å². The first-order chi connectivity index (χ1) is 5.38. The highest BCUT2D eigenvalue weighted by molar-refractivity contribution is 4.73. The zero-order valence-corrected chi connectivity index (χ0v) is 7.47. The second-order valence-corrected chi connectivity index (χ2v) is 3.35. The highest BCUT2D eigenvalue weighted by Crippen LogP contribution is 2.21. The maximum absolute atomic E-state index is 7.32. The highest BCUT2D eigenvalue weighted by atomic mass is 15.2. The van der Waals surface area contributed by atoms with Gasteiger partial charge in [-0.05, 0) is 19.4 Å². The molecule has 0 atom stereocenters. The summed E-state index contributed by atoms with van der Waals surface area (Å²) < 4.78 is 0. The fraction of sp³-hybridized carbons (Fsp3) is 1.00. The van der Waals surface area contributed by atoms with Crippen LogP contribution in [0.3, 0.4) is 0 Å². The molecular weight excluding hydrogens is 136 g/mol. The zero-order valence-electron chi connectivity index (χ0n) is 7.47. The summed E-state index contributed by atoms with van der Waals surface area (Å²) in [5.41, 5.74) is 7.32. The standard InChI is InChI=1S/C9H19N2/c1-2-11(8-10)9-6-4-3-5-7-9/h9-10H,2-8H2,1H3. The van der Waals surface area contributed by atoms with Gasteiger partial charge in [-0.15, -0.1) is 0 Å². The summed E-state index contributed by atoms with van der Waals surface area (Å²) in [4.78, 5) is 2.28. The van der Waals surface area contributed by atoms with E-state index in [1.807, 2.05) is 0 Å². The molecule has 2 heteroatoms. The Bertz CT molecular complexity index is 93.7. The van der Waals surface area contributed by atoms with Crippen LogP contribution in [-0.2, 0) is 0 Å². The van der Waals surface area contributed by atoms with Gasteiger partial charge < -0.3 is 0 Å². The van der Waals surface area contributed by atoms with Crippen molar-refractivity contribution >= 4 is 0 Å². The van der Waals surface area contributed by atoms with Crippen LogP contribution < -0.4 is 5.73 Å². The van der Waals surface area contributed by atoms with Crippen molar-refractivity contribution in [2.45, 2.75) is 45.1 Å². The lowest BCUT2D eigenvalue weighted by Gasteiger charge is -2.31. The van der Waals surface area contributed by atoms with Crippen molar-refractivity contribution in [3.63, 3.8) is 0 Å². The summed E-state index contributed by atoms with van der Waals surface area (Å²) >= 11 is 0. The van der Waals surface area contributed by atoms with Crippen LogP contribution in [0.4, 0.5) is 0 Å². The Morgan fingerprint density at radius 2 is 1.91 bits per heavy atom. The van der Waals surface area contributed by atoms with Crippen LogP contribution in [0, 0.1) is 0 Å². The smallest absolute Gasteiger partial charge is 0.0617 e. The van der Waals surface area contributed by atoms with Crippen LogP contribution in [0.2, 0.25) is 0 Å². The van der Waals surface area contributed by atoms with E-state index in [9.17, 15) is 0 Å². The normalized spacial score (nSPS) is 21.0. The minimum absolute atomic E-state index is 0.487. The van der Waals surface area contributed by atoms with Gasteiger partial charge in [0.1, 0.15) is 0 Å². The van der Waals surface area contributed by atoms with Crippen LogP contribution in [0.1, 0.15) is 39.0 Å². The summed E-state index contributed by atoms with van der Waals surface area (Å²) in [6.45, 7) is 3.69. The first-order valence-electron chi connectivity index (χ1n) is 4.77. The molecule has 1 fully saturated rings. The predicted octanol–water partition coefficient (Wildman–Crippen LogP) is 1.88. The lowest BCUT2D eigenvalue weighted by molar-refractivity contribution is 0.165. The van der Waals surface area contributed by atoms with Crippen molar-refractivity contribution < 1.29 is 0 Å². The van der Waals surface area contributed by atoms with Gasteiger partial charge in [0.25, 0.3) is 0 Å². The molecule has 0 aromatic rings. The molecule has 0 saturated heterocycles. The third-order valence-electron chi connectivity index (χ3n) is 2.70. The largest absolute Gasteiger partial charge is 0.287 e. The Morgan fingerprint density at radius 1 is 1.27 bits per heavy atom. The molecule has 0 unspecified atom stereocenters. The van der Waals surface area contributed by atoms with E-state index in [1.165, 1.54) is 32.1 Å². The van der Waals surface area contributed by atoms with E-state index in [2.05, 4.69) is 11.8 Å². The number of hydrogen-bond acceptors (Lipinski definition) is 1. The van der Waals surface area contributed by atoms with Crippen LogP contribution in [0.15, 0.2) is 0 Å². The molecule has 1 saturated carbocycles. The number of nitrogens with zero attached hydrogens (tertiary/aromatic N) is 1. The number of rotatable bonds is 3. The molecule has 0 spiro atoms. The third-order valence-corrected chi connectivity index (χ3v) is 2.70. The molecule has 1 rings (SSSR count). The molecule has 0 amide bonds. The lowest BCUT2D eigenvalue weighted by atomic mass is 9.94. The molecule has 1 aliphatic carbocycles. The minimum Gasteiger partial charge on any atom is -0.287 e. The van der Waals surface area contributed by atoms with Crippen molar-refractivity contribution in [1.82, 2.24) is 10.6 Å². The third kappa shape index (κ3) is 2.46. The van der Waals surface area contributed by atoms with E-state index in [4.69, 9.17) is 5.73 Å². The van der Waals surface area contributed by atoms with E-state index >= 15 is 0 Å². The van der Waals surface area contributed by atoms with Crippen LogP contribution >= 0.6 is 0 Å². The second-order valence-electron chi connectivity index (χ2n) is 3.35. The summed E-state index contributed by atoms with van der Waals surface area (Å²) in [6.07, 6.45) is 6.81. The van der Waals surface area contributed by atoms with Crippen LogP contribution in [-0.4, -0.2) is 24.2 Å². The molecule has 65 valence electrons. The van der Waals surface area contributed by atoms with Crippen molar-refractivity contribution in [2.24, 2.45) is 0 Å². The Labute approximate surface area is 69.8 Å². The summed E-state index contributed by atoms with van der Waals surface area (Å²) in [6, 6.07) is 0.728. The maximum atomic E-state index is 7.32. The van der Waals surface area contributed by atoms with Gasteiger partial charge in [0.15, 0.2) is 0 Å². The molecule has 11 heavy (non-hydrogen) atoms. The van der Waals surface area contributed by atoms with E-state index in [0.717, 1.165) is 12.6 Å². The minimum atomic E-state index is 0.487. The maximum Gasteiger partial charge on any atom is 0.0617 e. The lowest BCUT2D eigenvalue weighted by Crippen LogP contribution is -2.37. The fourth-order valence-corrected chi connectivity index (χ4v) is 1.95. The predicted molar refractivity (Wildman–Crippen MR) is 47.2 cm³/mol. The summed E-state index contributed by atoms with van der Waals surface area (Å²) in [5.74, 6) is 0. The highest BCUT2D eigenvalue weighted by Gasteiger charge is 2.18. The van der Waals surface area contributed by atoms with Gasteiger partial charge in [-0.1, -0.05) is 26.2 Å². The van der Waals surface area contributed by atoms with Crippen LogP contribution in [0.5, 0.6) is 0 Å². The summed E-state index contributed by atoms with van der Waals surface area (Å²) in [7, 11) is 0. The van der Waals surface area contributed by atoms with Gasteiger partial charge in [0.2, 0.25) is 0 Å². The van der Waals surface area contributed by atoms with Gasteiger partial charge in [0.05, 0.1) is 6.67 Å². The Hall–Kier alpha value is -0.0800. The van der Waals surface area contributed by atoms with Crippen molar-refractivity contribution in [3.05, 3.63) is 0 Å². The Kier molecular flexibility index (Phi) is 3.87. The SMILES string of the molecule is CCN(C[NH])C1CCCCC1. The molecule has 1 radical (unpaired) electrons. The molecule has 1 aliphatic rings. The molecule has 0 heterocycles. The average Bonchev–Trinajstić information content (AvgIpc) is 2.09. The van der Waals surface area contributed by atoms with E-state index in [1.54, 1.807) is 0 Å². The molecule has 0 aliphatic heterocycles. The quantitative estimate of drug-likeness (QED) is 0.611. The number of nitrogens with one attached hydrogen (secondary N) is 1. The molecule has 0 bridgehead atoms. The molecule has 0 aromatic heterocycles. The Morgan fingerprint density at radius 3 is 2.36 bits per heavy atom. The molecule has 2 nitrogen and oxygen atoms in total. The topological polar surface area (TPSA) is 27.0 Å². The van der Waals surface area contributed by atoms with Crippen LogP contribution in [0.25, 0.3) is 0 Å². The average molecular weight is 155 g/mol. The monoisotopic (exact) mass is 155 g/mol.